The van der Waals surface area contributed by atoms with Crippen molar-refractivity contribution in [3.8, 4) is 6.07 Å². The Morgan fingerprint density at radius 2 is 2.03 bits per heavy atom. The van der Waals surface area contributed by atoms with E-state index in [1.54, 1.807) is 13.8 Å². The molecule has 2 aromatic rings. The summed E-state index contributed by atoms with van der Waals surface area (Å²) in [6.07, 6.45) is 0. The Kier molecular flexibility index (Phi) is 7.51. The largest absolute Gasteiger partial charge is 0.379 e. The number of carbonyl (C=O) groups is 1. The van der Waals surface area contributed by atoms with Crippen LogP contribution in [-0.2, 0) is 19.6 Å². The molecule has 1 aliphatic rings. The molecule has 0 spiro atoms. The minimum atomic E-state index is -3.81. The van der Waals surface area contributed by atoms with Crippen molar-refractivity contribution in [2.75, 3.05) is 37.4 Å². The number of nitrogens with zero attached hydrogens (tertiary/aromatic N) is 4. The van der Waals surface area contributed by atoms with Crippen LogP contribution in [0.2, 0.25) is 5.02 Å². The lowest BCUT2D eigenvalue weighted by Gasteiger charge is -2.26. The molecule has 1 aliphatic heterocycles. The van der Waals surface area contributed by atoms with Crippen LogP contribution in [0.3, 0.4) is 0 Å². The summed E-state index contributed by atoms with van der Waals surface area (Å²) in [7, 11) is -3.81. The number of halogens is 1. The fraction of sp³-hybridized carbons (Fsp3) is 0.368. The van der Waals surface area contributed by atoms with Gasteiger partial charge in [0, 0.05) is 18.8 Å². The van der Waals surface area contributed by atoms with Gasteiger partial charge in [-0.05, 0) is 32.0 Å². The number of sulfonamides is 1. The highest BCUT2D eigenvalue weighted by Gasteiger charge is 2.28. The molecule has 12 heteroatoms. The quantitative estimate of drug-likeness (QED) is 0.492. The van der Waals surface area contributed by atoms with E-state index in [0.29, 0.717) is 41.0 Å². The van der Waals surface area contributed by atoms with E-state index in [1.165, 1.54) is 22.5 Å². The number of rotatable bonds is 6. The van der Waals surface area contributed by atoms with Crippen LogP contribution in [0, 0.1) is 25.2 Å². The van der Waals surface area contributed by atoms with Gasteiger partial charge in [-0.1, -0.05) is 23.4 Å². The predicted octanol–water partition coefficient (Wildman–Crippen LogP) is 2.37. The highest BCUT2D eigenvalue weighted by atomic mass is 35.5. The average molecular weight is 482 g/mol. The van der Waals surface area contributed by atoms with Crippen molar-refractivity contribution in [3.05, 3.63) is 40.3 Å². The number of amides is 1. The highest BCUT2D eigenvalue weighted by Crippen LogP contribution is 2.29. The molecule has 164 valence electrons. The molecule has 1 saturated heterocycles. The number of ether oxygens (including phenoxy) is 1. The third-order valence-corrected chi connectivity index (χ3v) is 7.78. The second kappa shape index (κ2) is 9.93. The van der Waals surface area contributed by atoms with Gasteiger partial charge in [0.1, 0.15) is 27.4 Å². The molecule has 3 rings (SSSR count). The third kappa shape index (κ3) is 5.53. The molecule has 0 saturated carbocycles. The second-order valence-corrected chi connectivity index (χ2v) is 9.92. The molecule has 1 aromatic carbocycles. The number of hydrogen-bond acceptors (Lipinski definition) is 8. The van der Waals surface area contributed by atoms with Crippen LogP contribution in [0.15, 0.2) is 28.1 Å². The summed E-state index contributed by atoms with van der Waals surface area (Å²) < 4.78 is 32.3. The minimum absolute atomic E-state index is 0.0151. The number of carbonyl (C=O) groups excluding carboxylic acids is 1. The Balaban J connectivity index is 1.73. The number of hydrogen-bond donors (Lipinski definition) is 1. The van der Waals surface area contributed by atoms with Crippen molar-refractivity contribution >= 4 is 45.0 Å². The smallest absolute Gasteiger partial charge is 0.244 e. The predicted molar refractivity (Wildman–Crippen MR) is 117 cm³/mol. The molecule has 1 fully saturated rings. The molecule has 1 aromatic heterocycles. The van der Waals surface area contributed by atoms with Crippen LogP contribution >= 0.6 is 23.4 Å². The zero-order valence-electron chi connectivity index (χ0n) is 16.9. The van der Waals surface area contributed by atoms with E-state index < -0.39 is 10.0 Å². The molecule has 2 heterocycles. The van der Waals surface area contributed by atoms with Crippen molar-refractivity contribution in [1.29, 1.82) is 5.26 Å². The van der Waals surface area contributed by atoms with Gasteiger partial charge < -0.3 is 10.1 Å². The summed E-state index contributed by atoms with van der Waals surface area (Å²) in [5, 5.41) is 12.5. The molecule has 0 radical (unpaired) electrons. The van der Waals surface area contributed by atoms with Gasteiger partial charge in [0.15, 0.2) is 0 Å². The molecule has 0 aliphatic carbocycles. The van der Waals surface area contributed by atoms with Gasteiger partial charge in [0.2, 0.25) is 15.9 Å². The molecule has 0 unspecified atom stereocenters. The van der Waals surface area contributed by atoms with E-state index in [9.17, 15) is 18.5 Å². The van der Waals surface area contributed by atoms with Crippen molar-refractivity contribution in [2.24, 2.45) is 0 Å². The standard InChI is InChI=1S/C19H20ClN5O4S2/c1-12-15(10-21)19(23-13(2)22-12)30-11-18(26)24-14-3-4-16(20)17(9-14)31(27,28)25-5-7-29-8-6-25/h3-4,9H,5-8,11H2,1-2H3,(H,24,26). The van der Waals surface area contributed by atoms with Crippen LogP contribution in [0.1, 0.15) is 17.1 Å². The molecule has 31 heavy (non-hydrogen) atoms. The maximum atomic E-state index is 12.9. The molecule has 9 nitrogen and oxygen atoms in total. The van der Waals surface area contributed by atoms with Gasteiger partial charge in [-0.15, -0.1) is 0 Å². The first-order valence-electron chi connectivity index (χ1n) is 9.28. The first kappa shape index (κ1) is 23.4. The van der Waals surface area contributed by atoms with E-state index in [1.807, 2.05) is 0 Å². The van der Waals surface area contributed by atoms with Gasteiger partial charge >= 0.3 is 0 Å². The average Bonchev–Trinajstić information content (AvgIpc) is 2.74. The van der Waals surface area contributed by atoms with Gasteiger partial charge in [0.05, 0.1) is 29.7 Å². The first-order valence-corrected chi connectivity index (χ1v) is 12.1. The molecule has 0 bridgehead atoms. The van der Waals surface area contributed by atoms with Crippen LogP contribution in [0.5, 0.6) is 0 Å². The Labute approximate surface area is 189 Å². The van der Waals surface area contributed by atoms with Crippen molar-refractivity contribution in [1.82, 2.24) is 14.3 Å². The summed E-state index contributed by atoms with van der Waals surface area (Å²) in [4.78, 5) is 20.7. The van der Waals surface area contributed by atoms with Gasteiger partial charge in [-0.3, -0.25) is 4.79 Å². The third-order valence-electron chi connectivity index (χ3n) is 4.42. The lowest BCUT2D eigenvalue weighted by atomic mass is 10.3. The number of nitrogens with one attached hydrogen (secondary N) is 1. The minimum Gasteiger partial charge on any atom is -0.379 e. The number of benzene rings is 1. The number of aryl methyl sites for hydroxylation is 2. The topological polar surface area (TPSA) is 125 Å². The van der Waals surface area contributed by atoms with Gasteiger partial charge in [-0.25, -0.2) is 18.4 Å². The lowest BCUT2D eigenvalue weighted by Crippen LogP contribution is -2.40. The van der Waals surface area contributed by atoms with Crippen molar-refractivity contribution in [3.63, 3.8) is 0 Å². The number of thioether (sulfide) groups is 1. The summed E-state index contributed by atoms with van der Waals surface area (Å²) in [5.74, 6) is 0.119. The van der Waals surface area contributed by atoms with Crippen LogP contribution in [-0.4, -0.2) is 60.7 Å². The second-order valence-electron chi connectivity index (χ2n) is 6.65. The Bertz CT molecular complexity index is 1140. The normalized spacial score (nSPS) is 14.8. The molecule has 1 amide bonds. The fourth-order valence-corrected chi connectivity index (χ4v) is 5.73. The highest BCUT2D eigenvalue weighted by molar-refractivity contribution is 8.00. The number of aromatic nitrogens is 2. The summed E-state index contributed by atoms with van der Waals surface area (Å²) in [5.41, 5.74) is 1.18. The van der Waals surface area contributed by atoms with Crippen LogP contribution in [0.4, 0.5) is 5.69 Å². The van der Waals surface area contributed by atoms with Gasteiger partial charge in [0.25, 0.3) is 0 Å². The van der Waals surface area contributed by atoms with Gasteiger partial charge in [-0.2, -0.15) is 9.57 Å². The zero-order valence-corrected chi connectivity index (χ0v) is 19.3. The first-order chi connectivity index (χ1) is 14.7. The van der Waals surface area contributed by atoms with E-state index in [0.717, 1.165) is 11.8 Å². The monoisotopic (exact) mass is 481 g/mol. The van der Waals surface area contributed by atoms with E-state index in [2.05, 4.69) is 21.4 Å². The molecule has 1 N–H and O–H groups in total. The summed E-state index contributed by atoms with van der Waals surface area (Å²) >= 11 is 7.25. The van der Waals surface area contributed by atoms with E-state index >= 15 is 0 Å². The Morgan fingerprint density at radius 1 is 1.32 bits per heavy atom. The van der Waals surface area contributed by atoms with Crippen LogP contribution < -0.4 is 5.32 Å². The molecule has 0 atom stereocenters. The Hall–Kier alpha value is -2.23. The molecular formula is C19H20ClN5O4S2. The van der Waals surface area contributed by atoms with E-state index in [-0.39, 0.29) is 34.7 Å². The van der Waals surface area contributed by atoms with E-state index in [4.69, 9.17) is 16.3 Å². The lowest BCUT2D eigenvalue weighted by molar-refractivity contribution is -0.113. The fourth-order valence-electron chi connectivity index (χ4n) is 2.95. The maximum absolute atomic E-state index is 12.9. The molecular weight excluding hydrogens is 462 g/mol. The SMILES string of the molecule is Cc1nc(C)c(C#N)c(SCC(=O)Nc2ccc(Cl)c(S(=O)(=O)N3CCOCC3)c2)n1. The zero-order chi connectivity index (χ0) is 22.6. The number of nitriles is 1. The van der Waals surface area contributed by atoms with Crippen molar-refractivity contribution < 1.29 is 17.9 Å². The summed E-state index contributed by atoms with van der Waals surface area (Å²) in [6.45, 7) is 4.54. The maximum Gasteiger partial charge on any atom is 0.244 e. The summed E-state index contributed by atoms with van der Waals surface area (Å²) in [6, 6.07) is 6.36. The van der Waals surface area contributed by atoms with Crippen LogP contribution in [0.25, 0.3) is 0 Å². The van der Waals surface area contributed by atoms with Crippen molar-refractivity contribution in [2.45, 2.75) is 23.8 Å². The Morgan fingerprint density at radius 3 is 2.71 bits per heavy atom. The number of anilines is 1. The number of morpholine rings is 1.